The molecule has 0 heterocycles. The van der Waals surface area contributed by atoms with Gasteiger partial charge in [-0.15, -0.1) is 0 Å². The van der Waals surface area contributed by atoms with E-state index >= 15 is 0 Å². The second-order valence-corrected chi connectivity index (χ2v) is 5.88. The predicted molar refractivity (Wildman–Crippen MR) is 84.4 cm³/mol. The Morgan fingerprint density at radius 1 is 1.21 bits per heavy atom. The quantitative estimate of drug-likeness (QED) is 0.788. The fourth-order valence-corrected chi connectivity index (χ4v) is 2.70. The zero-order valence-corrected chi connectivity index (χ0v) is 13.5. The van der Waals surface area contributed by atoms with Crippen molar-refractivity contribution in [2.75, 3.05) is 13.1 Å². The molecule has 2 unspecified atom stereocenters. The summed E-state index contributed by atoms with van der Waals surface area (Å²) in [4.78, 5) is 36.8. The molecule has 6 nitrogen and oxygen atoms in total. The molecule has 130 valence electrons. The maximum absolute atomic E-state index is 12.8. The number of carboxylic acids is 1. The van der Waals surface area contributed by atoms with E-state index in [1.807, 2.05) is 0 Å². The lowest BCUT2D eigenvalue weighted by molar-refractivity contribution is -0.157. The summed E-state index contributed by atoms with van der Waals surface area (Å²) in [5.74, 6) is -3.10. The van der Waals surface area contributed by atoms with Gasteiger partial charge in [0.1, 0.15) is 5.82 Å². The molecule has 1 fully saturated rings. The van der Waals surface area contributed by atoms with Crippen molar-refractivity contribution in [2.24, 2.45) is 11.8 Å². The number of rotatable bonds is 7. The molecule has 1 aliphatic rings. The zero-order valence-electron chi connectivity index (χ0n) is 13.5. The van der Waals surface area contributed by atoms with Gasteiger partial charge in [-0.25, -0.2) is 4.39 Å². The van der Waals surface area contributed by atoms with Gasteiger partial charge in [-0.3, -0.25) is 14.4 Å². The minimum atomic E-state index is -0.962. The zero-order chi connectivity index (χ0) is 17.7. The summed E-state index contributed by atoms with van der Waals surface area (Å²) in [6.07, 6.45) is 1.05. The Labute approximate surface area is 139 Å². The van der Waals surface area contributed by atoms with Crippen LogP contribution in [0.15, 0.2) is 24.3 Å². The molecule has 2 N–H and O–H groups in total. The summed E-state index contributed by atoms with van der Waals surface area (Å²) in [6, 6.07) is 5.77. The SMILES string of the molecule is CCN(CC(=O)NCc1ccc(F)cc1)C(=O)C1CCC1C(=O)O. The Morgan fingerprint density at radius 2 is 1.83 bits per heavy atom. The topological polar surface area (TPSA) is 86.7 Å². The van der Waals surface area contributed by atoms with E-state index in [4.69, 9.17) is 5.11 Å². The Hall–Kier alpha value is -2.44. The molecular weight excluding hydrogens is 315 g/mol. The Morgan fingerprint density at radius 3 is 2.33 bits per heavy atom. The maximum Gasteiger partial charge on any atom is 0.307 e. The number of aliphatic carboxylic acids is 1. The van der Waals surface area contributed by atoms with Crippen LogP contribution >= 0.6 is 0 Å². The molecule has 0 radical (unpaired) electrons. The molecule has 2 rings (SSSR count). The molecular formula is C17H21FN2O4. The average molecular weight is 336 g/mol. The molecule has 1 aromatic rings. The van der Waals surface area contributed by atoms with Gasteiger partial charge < -0.3 is 15.3 Å². The van der Waals surface area contributed by atoms with E-state index in [1.165, 1.54) is 17.0 Å². The molecule has 0 bridgehead atoms. The number of nitrogens with zero attached hydrogens (tertiary/aromatic N) is 1. The van der Waals surface area contributed by atoms with Crippen LogP contribution in [0.5, 0.6) is 0 Å². The lowest BCUT2D eigenvalue weighted by Crippen LogP contribution is -2.48. The third kappa shape index (κ3) is 4.31. The van der Waals surface area contributed by atoms with Crippen molar-refractivity contribution in [3.8, 4) is 0 Å². The first-order valence-electron chi connectivity index (χ1n) is 7.95. The number of hydrogen-bond donors (Lipinski definition) is 2. The lowest BCUT2D eigenvalue weighted by Gasteiger charge is -2.35. The van der Waals surface area contributed by atoms with Gasteiger partial charge in [0.2, 0.25) is 11.8 Å². The summed E-state index contributed by atoms with van der Waals surface area (Å²) in [5, 5.41) is 11.7. The van der Waals surface area contributed by atoms with Gasteiger partial charge >= 0.3 is 5.97 Å². The first-order chi connectivity index (χ1) is 11.4. The fraction of sp³-hybridized carbons (Fsp3) is 0.471. The van der Waals surface area contributed by atoms with Crippen molar-refractivity contribution >= 4 is 17.8 Å². The van der Waals surface area contributed by atoms with E-state index in [2.05, 4.69) is 5.32 Å². The van der Waals surface area contributed by atoms with Crippen LogP contribution in [0.4, 0.5) is 4.39 Å². The summed E-state index contributed by atoms with van der Waals surface area (Å²) in [6.45, 7) is 2.22. The van der Waals surface area contributed by atoms with Crippen LogP contribution < -0.4 is 5.32 Å². The average Bonchev–Trinajstić information content (AvgIpc) is 2.50. The van der Waals surface area contributed by atoms with E-state index in [1.54, 1.807) is 19.1 Å². The molecule has 0 spiro atoms. The van der Waals surface area contributed by atoms with Gasteiger partial charge in [0.15, 0.2) is 0 Å². The van der Waals surface area contributed by atoms with Gasteiger partial charge in [-0.05, 0) is 37.5 Å². The molecule has 0 aliphatic heterocycles. The standard InChI is InChI=1S/C17H21FN2O4/c1-2-20(16(22)13-7-8-14(13)17(23)24)10-15(21)19-9-11-3-5-12(18)6-4-11/h3-6,13-14H,2,7-10H2,1H3,(H,19,21)(H,23,24). The van der Waals surface area contributed by atoms with Crippen molar-refractivity contribution in [3.63, 3.8) is 0 Å². The second kappa shape index (κ2) is 7.90. The van der Waals surface area contributed by atoms with Gasteiger partial charge in [0, 0.05) is 13.1 Å². The number of nitrogens with one attached hydrogen (secondary N) is 1. The van der Waals surface area contributed by atoms with E-state index in [0.29, 0.717) is 19.4 Å². The highest BCUT2D eigenvalue weighted by molar-refractivity contribution is 5.89. The highest BCUT2D eigenvalue weighted by Crippen LogP contribution is 2.35. The number of benzene rings is 1. The van der Waals surface area contributed by atoms with Crippen molar-refractivity contribution in [1.29, 1.82) is 0 Å². The van der Waals surface area contributed by atoms with Crippen LogP contribution in [0.1, 0.15) is 25.3 Å². The summed E-state index contributed by atoms with van der Waals surface area (Å²) in [7, 11) is 0. The fourth-order valence-electron chi connectivity index (χ4n) is 2.70. The number of carbonyl (C=O) groups is 3. The van der Waals surface area contributed by atoms with Crippen molar-refractivity contribution < 1.29 is 23.9 Å². The molecule has 2 atom stereocenters. The monoisotopic (exact) mass is 336 g/mol. The Balaban J connectivity index is 1.85. The van der Waals surface area contributed by atoms with Crippen LogP contribution in [0.2, 0.25) is 0 Å². The minimum absolute atomic E-state index is 0.112. The number of carboxylic acid groups (broad SMARTS) is 1. The highest BCUT2D eigenvalue weighted by atomic mass is 19.1. The van der Waals surface area contributed by atoms with E-state index in [0.717, 1.165) is 5.56 Å². The first kappa shape index (κ1) is 17.9. The van der Waals surface area contributed by atoms with Crippen LogP contribution in [-0.2, 0) is 20.9 Å². The molecule has 2 amide bonds. The van der Waals surface area contributed by atoms with E-state index in [9.17, 15) is 18.8 Å². The molecule has 0 aromatic heterocycles. The Kier molecular flexibility index (Phi) is 5.89. The van der Waals surface area contributed by atoms with E-state index < -0.39 is 17.8 Å². The van der Waals surface area contributed by atoms with E-state index in [-0.39, 0.29) is 30.7 Å². The molecule has 1 aromatic carbocycles. The maximum atomic E-state index is 12.8. The normalized spacial score (nSPS) is 19.2. The number of amides is 2. The van der Waals surface area contributed by atoms with Gasteiger partial charge in [0.25, 0.3) is 0 Å². The largest absolute Gasteiger partial charge is 0.481 e. The summed E-state index contributed by atoms with van der Waals surface area (Å²) >= 11 is 0. The summed E-state index contributed by atoms with van der Waals surface area (Å²) in [5.41, 5.74) is 0.754. The highest BCUT2D eigenvalue weighted by Gasteiger charge is 2.43. The van der Waals surface area contributed by atoms with Crippen LogP contribution in [0.25, 0.3) is 0 Å². The molecule has 0 saturated heterocycles. The molecule has 7 heteroatoms. The third-order valence-corrected chi connectivity index (χ3v) is 4.34. The minimum Gasteiger partial charge on any atom is -0.481 e. The molecule has 1 saturated carbocycles. The molecule has 24 heavy (non-hydrogen) atoms. The second-order valence-electron chi connectivity index (χ2n) is 5.88. The van der Waals surface area contributed by atoms with Gasteiger partial charge in [0.05, 0.1) is 18.4 Å². The first-order valence-corrected chi connectivity index (χ1v) is 7.95. The number of hydrogen-bond acceptors (Lipinski definition) is 3. The van der Waals surface area contributed by atoms with Crippen LogP contribution in [-0.4, -0.2) is 40.9 Å². The summed E-state index contributed by atoms with van der Waals surface area (Å²) < 4.78 is 12.8. The van der Waals surface area contributed by atoms with Crippen molar-refractivity contribution in [2.45, 2.75) is 26.3 Å². The number of carbonyl (C=O) groups excluding carboxylic acids is 2. The smallest absolute Gasteiger partial charge is 0.307 e. The molecule has 1 aliphatic carbocycles. The third-order valence-electron chi connectivity index (χ3n) is 4.34. The van der Waals surface area contributed by atoms with Gasteiger partial charge in [-0.2, -0.15) is 0 Å². The van der Waals surface area contributed by atoms with Crippen LogP contribution in [0, 0.1) is 17.7 Å². The van der Waals surface area contributed by atoms with Crippen molar-refractivity contribution in [1.82, 2.24) is 10.2 Å². The lowest BCUT2D eigenvalue weighted by atomic mass is 9.73. The number of halogens is 1. The van der Waals surface area contributed by atoms with Gasteiger partial charge in [-0.1, -0.05) is 12.1 Å². The Bertz CT molecular complexity index is 618. The number of likely N-dealkylation sites (N-methyl/N-ethyl adjacent to an activating group) is 1. The van der Waals surface area contributed by atoms with Crippen LogP contribution in [0.3, 0.4) is 0 Å². The predicted octanol–water partition coefficient (Wildman–Crippen LogP) is 1.40. The van der Waals surface area contributed by atoms with Crippen molar-refractivity contribution in [3.05, 3.63) is 35.6 Å².